The van der Waals surface area contributed by atoms with E-state index in [9.17, 15) is 0 Å². The largest absolute Gasteiger partial charge is 0.417 e. The van der Waals surface area contributed by atoms with Crippen molar-refractivity contribution < 1.29 is 4.43 Å². The number of rotatable bonds is 7. The Balaban J connectivity index is 2.68. The lowest BCUT2D eigenvalue weighted by molar-refractivity contribution is 0.284. The van der Waals surface area contributed by atoms with E-state index in [-0.39, 0.29) is 15.5 Å². The standard InChI is InChI=1S/C15H26Cl2N4OSi/c1-7-21(13-11(18)12(16)19-14(17)20-13)9-8-10-22-23(5,6)15(2,3)4/h7H,1,8-10,18H2,2-6H3. The van der Waals surface area contributed by atoms with Crippen LogP contribution in [-0.4, -0.2) is 31.4 Å². The summed E-state index contributed by atoms with van der Waals surface area (Å²) in [6, 6.07) is 0. The first-order chi connectivity index (χ1) is 10.5. The summed E-state index contributed by atoms with van der Waals surface area (Å²) in [5, 5.41) is 0.399. The molecule has 0 aromatic carbocycles. The molecule has 0 aliphatic heterocycles. The van der Waals surface area contributed by atoms with Crippen LogP contribution in [0, 0.1) is 0 Å². The molecule has 1 aromatic rings. The number of nitrogen functional groups attached to an aromatic ring is 1. The minimum atomic E-state index is -1.73. The van der Waals surface area contributed by atoms with Crippen LogP contribution in [0.5, 0.6) is 0 Å². The molecule has 0 aliphatic carbocycles. The minimum Gasteiger partial charge on any atom is -0.417 e. The van der Waals surface area contributed by atoms with Gasteiger partial charge in [0.05, 0.1) is 0 Å². The molecule has 1 rings (SSSR count). The van der Waals surface area contributed by atoms with Crippen LogP contribution in [-0.2, 0) is 4.43 Å². The van der Waals surface area contributed by atoms with Crippen LogP contribution in [0.4, 0.5) is 11.5 Å². The lowest BCUT2D eigenvalue weighted by Crippen LogP contribution is -2.41. The third-order valence-electron chi connectivity index (χ3n) is 4.16. The van der Waals surface area contributed by atoms with Gasteiger partial charge in [-0.15, -0.1) is 0 Å². The molecule has 2 N–H and O–H groups in total. The van der Waals surface area contributed by atoms with Crippen LogP contribution < -0.4 is 10.6 Å². The van der Waals surface area contributed by atoms with Gasteiger partial charge in [-0.1, -0.05) is 39.0 Å². The summed E-state index contributed by atoms with van der Waals surface area (Å²) in [5.41, 5.74) is 6.22. The van der Waals surface area contributed by atoms with E-state index < -0.39 is 8.32 Å². The van der Waals surface area contributed by atoms with Crippen LogP contribution in [0.15, 0.2) is 12.8 Å². The Bertz CT molecular complexity index is 561. The predicted molar refractivity (Wildman–Crippen MR) is 102 cm³/mol. The summed E-state index contributed by atoms with van der Waals surface area (Å²) < 4.78 is 6.16. The molecular weight excluding hydrogens is 351 g/mol. The molecule has 130 valence electrons. The number of nitrogens with two attached hydrogens (primary N) is 1. The summed E-state index contributed by atoms with van der Waals surface area (Å²) in [7, 11) is -1.73. The quantitative estimate of drug-likeness (QED) is 0.322. The summed E-state index contributed by atoms with van der Waals surface area (Å²) in [5.74, 6) is 0.470. The van der Waals surface area contributed by atoms with Gasteiger partial charge in [-0.05, 0) is 42.4 Å². The minimum absolute atomic E-state index is 0.0589. The second kappa shape index (κ2) is 7.83. The van der Waals surface area contributed by atoms with E-state index >= 15 is 0 Å². The molecule has 0 aliphatic rings. The molecule has 0 unspecified atom stereocenters. The molecule has 1 aromatic heterocycles. The van der Waals surface area contributed by atoms with Crippen LogP contribution in [0.3, 0.4) is 0 Å². The molecule has 0 atom stereocenters. The molecule has 23 heavy (non-hydrogen) atoms. The van der Waals surface area contributed by atoms with Crippen LogP contribution in [0.1, 0.15) is 27.2 Å². The summed E-state index contributed by atoms with van der Waals surface area (Å²) >= 11 is 11.8. The van der Waals surface area contributed by atoms with Gasteiger partial charge in [0.15, 0.2) is 19.3 Å². The number of nitrogens with zero attached hydrogens (tertiary/aromatic N) is 3. The van der Waals surface area contributed by atoms with Crippen molar-refractivity contribution in [2.75, 3.05) is 23.8 Å². The van der Waals surface area contributed by atoms with Crippen molar-refractivity contribution in [2.45, 2.75) is 45.3 Å². The Morgan fingerprint density at radius 1 is 1.30 bits per heavy atom. The van der Waals surface area contributed by atoms with Crippen molar-refractivity contribution >= 4 is 43.0 Å². The normalized spacial score (nSPS) is 12.3. The first-order valence-electron chi connectivity index (χ1n) is 7.51. The van der Waals surface area contributed by atoms with Crippen molar-refractivity contribution in [1.29, 1.82) is 0 Å². The number of hydrogen-bond acceptors (Lipinski definition) is 5. The molecule has 0 bridgehead atoms. The number of aromatic nitrogens is 2. The topological polar surface area (TPSA) is 64.3 Å². The SMILES string of the molecule is C=CN(CCCO[Si](C)(C)C(C)(C)C)c1nc(Cl)nc(Cl)c1N. The zero-order chi connectivity index (χ0) is 17.8. The molecule has 0 spiro atoms. The van der Waals surface area contributed by atoms with Crippen molar-refractivity contribution in [1.82, 2.24) is 9.97 Å². The Morgan fingerprint density at radius 2 is 1.91 bits per heavy atom. The Hall–Kier alpha value is -0.823. The lowest BCUT2D eigenvalue weighted by atomic mass is 10.2. The maximum Gasteiger partial charge on any atom is 0.225 e. The Morgan fingerprint density at radius 3 is 2.43 bits per heavy atom. The number of halogens is 2. The van der Waals surface area contributed by atoms with Gasteiger partial charge in [0.25, 0.3) is 0 Å². The molecule has 5 nitrogen and oxygen atoms in total. The van der Waals surface area contributed by atoms with Crippen molar-refractivity contribution in [3.63, 3.8) is 0 Å². The molecule has 0 fully saturated rings. The van der Waals surface area contributed by atoms with E-state index in [2.05, 4.69) is 50.4 Å². The van der Waals surface area contributed by atoms with Crippen molar-refractivity contribution in [2.24, 2.45) is 0 Å². The average molecular weight is 377 g/mol. The molecule has 1 heterocycles. The highest BCUT2D eigenvalue weighted by Crippen LogP contribution is 2.36. The zero-order valence-corrected chi connectivity index (χ0v) is 17.0. The first-order valence-corrected chi connectivity index (χ1v) is 11.2. The fraction of sp³-hybridized carbons (Fsp3) is 0.600. The van der Waals surface area contributed by atoms with Gasteiger partial charge in [-0.2, -0.15) is 4.98 Å². The first kappa shape index (κ1) is 20.2. The monoisotopic (exact) mass is 376 g/mol. The summed E-state index contributed by atoms with van der Waals surface area (Å²) in [4.78, 5) is 9.77. The average Bonchev–Trinajstić information content (AvgIpc) is 2.42. The maximum atomic E-state index is 6.16. The van der Waals surface area contributed by atoms with Crippen LogP contribution in [0.2, 0.25) is 28.6 Å². The smallest absolute Gasteiger partial charge is 0.225 e. The second-order valence-corrected chi connectivity index (χ2v) is 12.4. The fourth-order valence-electron chi connectivity index (χ4n) is 1.69. The lowest BCUT2D eigenvalue weighted by Gasteiger charge is -2.36. The highest BCUT2D eigenvalue weighted by Gasteiger charge is 2.36. The van der Waals surface area contributed by atoms with Gasteiger partial charge in [0.1, 0.15) is 5.69 Å². The van der Waals surface area contributed by atoms with Gasteiger partial charge in [0.2, 0.25) is 5.28 Å². The van der Waals surface area contributed by atoms with E-state index in [4.69, 9.17) is 33.4 Å². The predicted octanol–water partition coefficient (Wildman–Crippen LogP) is 4.73. The van der Waals surface area contributed by atoms with Crippen molar-refractivity contribution in [3.05, 3.63) is 23.2 Å². The van der Waals surface area contributed by atoms with Crippen LogP contribution in [0.25, 0.3) is 0 Å². The van der Waals surface area contributed by atoms with E-state index in [0.29, 0.717) is 24.7 Å². The highest BCUT2D eigenvalue weighted by molar-refractivity contribution is 6.74. The second-order valence-electron chi connectivity index (χ2n) is 6.86. The van der Waals surface area contributed by atoms with E-state index in [1.165, 1.54) is 0 Å². The molecule has 0 saturated carbocycles. The van der Waals surface area contributed by atoms with Gasteiger partial charge in [0, 0.05) is 13.2 Å². The fourth-order valence-corrected chi connectivity index (χ4v) is 3.15. The summed E-state index contributed by atoms with van der Waals surface area (Å²) in [6.45, 7) is 16.3. The van der Waals surface area contributed by atoms with Crippen molar-refractivity contribution in [3.8, 4) is 0 Å². The molecule has 0 amide bonds. The van der Waals surface area contributed by atoms with E-state index in [1.807, 2.05) is 4.90 Å². The van der Waals surface area contributed by atoms with Gasteiger partial charge in [-0.25, -0.2) is 4.98 Å². The molecule has 0 saturated heterocycles. The molecule has 0 radical (unpaired) electrons. The zero-order valence-electron chi connectivity index (χ0n) is 14.5. The van der Waals surface area contributed by atoms with Gasteiger partial charge < -0.3 is 15.1 Å². The van der Waals surface area contributed by atoms with E-state index in [1.54, 1.807) is 6.20 Å². The Labute approximate surface area is 150 Å². The number of anilines is 2. The summed E-state index contributed by atoms with van der Waals surface area (Å²) in [6.07, 6.45) is 2.47. The third-order valence-corrected chi connectivity index (χ3v) is 9.15. The van der Waals surface area contributed by atoms with Gasteiger partial charge in [-0.3, -0.25) is 0 Å². The van der Waals surface area contributed by atoms with Gasteiger partial charge >= 0.3 is 0 Å². The maximum absolute atomic E-state index is 6.16. The molecular formula is C15H26Cl2N4OSi. The molecule has 8 heteroatoms. The third kappa shape index (κ3) is 5.34. The number of hydrogen-bond donors (Lipinski definition) is 1. The Kier molecular flexibility index (Phi) is 6.89. The highest BCUT2D eigenvalue weighted by atomic mass is 35.5. The van der Waals surface area contributed by atoms with Crippen LogP contribution >= 0.6 is 23.2 Å². The van der Waals surface area contributed by atoms with E-state index in [0.717, 1.165) is 6.42 Å².